The van der Waals surface area contributed by atoms with E-state index in [4.69, 9.17) is 22.1 Å². The number of hydrazine groups is 1. The van der Waals surface area contributed by atoms with Crippen LogP contribution in [0.2, 0.25) is 0 Å². The van der Waals surface area contributed by atoms with Crippen molar-refractivity contribution in [3.05, 3.63) is 0 Å². The molecule has 1 aliphatic heterocycles. The Morgan fingerprint density at radius 3 is 2.39 bits per heavy atom. The number of hydrogen-bond acceptors (Lipinski definition) is 7. The third-order valence-corrected chi connectivity index (χ3v) is 3.21. The van der Waals surface area contributed by atoms with Gasteiger partial charge in [-0.3, -0.25) is 5.01 Å². The quantitative estimate of drug-likeness (QED) is 0.234. The van der Waals surface area contributed by atoms with E-state index in [2.05, 4.69) is 10.7 Å². The van der Waals surface area contributed by atoms with E-state index in [1.807, 2.05) is 0 Å². The van der Waals surface area contributed by atoms with E-state index in [0.29, 0.717) is 5.11 Å². The second-order valence-electron chi connectivity index (χ2n) is 3.99. The third kappa shape index (κ3) is 3.26. The average Bonchev–Trinajstić information content (AvgIpc) is 2.38. The van der Waals surface area contributed by atoms with Crippen molar-refractivity contribution in [3.8, 4) is 0 Å². The van der Waals surface area contributed by atoms with Crippen LogP contribution < -0.4 is 10.7 Å². The average molecular weight is 281 g/mol. The molecule has 0 aliphatic carbocycles. The number of thiocarbonyl (C=S) groups is 1. The van der Waals surface area contributed by atoms with Gasteiger partial charge < -0.3 is 30.5 Å². The standard InChI is InChI=1S/C9H19N3O5S/c1-10-9(18)12(2)11-8-7(16)6(15)5(14)4(3-13)17-8/h4-8,11,13-16H,3H2,1-2H3,(H,10,18). The summed E-state index contributed by atoms with van der Waals surface area (Å²) in [6, 6.07) is 0. The molecule has 9 heteroatoms. The number of rotatable bonds is 3. The maximum Gasteiger partial charge on any atom is 0.183 e. The monoisotopic (exact) mass is 281 g/mol. The molecule has 1 fully saturated rings. The summed E-state index contributed by atoms with van der Waals surface area (Å²) in [6.07, 6.45) is -6.06. The van der Waals surface area contributed by atoms with Gasteiger partial charge in [0.25, 0.3) is 0 Å². The van der Waals surface area contributed by atoms with Crippen LogP contribution in [-0.2, 0) is 4.74 Å². The Hall–Kier alpha value is -0.550. The van der Waals surface area contributed by atoms with Crippen LogP contribution in [0.4, 0.5) is 0 Å². The van der Waals surface area contributed by atoms with Gasteiger partial charge in [-0.15, -0.1) is 0 Å². The fourth-order valence-electron chi connectivity index (χ4n) is 1.63. The van der Waals surface area contributed by atoms with Crippen LogP contribution in [0.1, 0.15) is 0 Å². The Morgan fingerprint density at radius 2 is 1.89 bits per heavy atom. The van der Waals surface area contributed by atoms with Gasteiger partial charge in [0.15, 0.2) is 11.3 Å². The lowest BCUT2D eigenvalue weighted by Crippen LogP contribution is -2.65. The Bertz CT molecular complexity index is 293. The second-order valence-corrected chi connectivity index (χ2v) is 4.38. The summed E-state index contributed by atoms with van der Waals surface area (Å²) >= 11 is 4.95. The van der Waals surface area contributed by atoms with E-state index in [-0.39, 0.29) is 0 Å². The van der Waals surface area contributed by atoms with Crippen LogP contribution in [0.25, 0.3) is 0 Å². The van der Waals surface area contributed by atoms with Crippen molar-refractivity contribution in [2.75, 3.05) is 20.7 Å². The smallest absolute Gasteiger partial charge is 0.183 e. The molecular weight excluding hydrogens is 262 g/mol. The van der Waals surface area contributed by atoms with Crippen molar-refractivity contribution < 1.29 is 25.2 Å². The Morgan fingerprint density at radius 1 is 1.28 bits per heavy atom. The van der Waals surface area contributed by atoms with E-state index < -0.39 is 37.3 Å². The Balaban J connectivity index is 2.67. The Kier molecular flexibility index (Phi) is 5.66. The number of aliphatic hydroxyl groups excluding tert-OH is 4. The molecule has 0 saturated carbocycles. The zero-order valence-electron chi connectivity index (χ0n) is 10.1. The number of aliphatic hydroxyl groups is 4. The van der Waals surface area contributed by atoms with E-state index >= 15 is 0 Å². The van der Waals surface area contributed by atoms with Gasteiger partial charge in [-0.2, -0.15) is 0 Å². The molecule has 106 valence electrons. The molecule has 8 nitrogen and oxygen atoms in total. The van der Waals surface area contributed by atoms with Gasteiger partial charge in [0.05, 0.1) is 6.61 Å². The fraction of sp³-hybridized carbons (Fsp3) is 0.889. The topological polar surface area (TPSA) is 117 Å². The maximum atomic E-state index is 9.76. The molecule has 0 aromatic carbocycles. The predicted molar refractivity (Wildman–Crippen MR) is 66.3 cm³/mol. The highest BCUT2D eigenvalue weighted by molar-refractivity contribution is 7.80. The van der Waals surface area contributed by atoms with E-state index in [1.54, 1.807) is 14.1 Å². The molecule has 0 bridgehead atoms. The molecule has 5 atom stereocenters. The number of nitrogens with zero attached hydrogens (tertiary/aromatic N) is 1. The highest BCUT2D eigenvalue weighted by Gasteiger charge is 2.43. The second kappa shape index (κ2) is 6.57. The first-order chi connectivity index (χ1) is 8.42. The van der Waals surface area contributed by atoms with E-state index in [1.165, 1.54) is 5.01 Å². The molecule has 0 spiro atoms. The molecule has 6 N–H and O–H groups in total. The first kappa shape index (κ1) is 15.5. The van der Waals surface area contributed by atoms with Gasteiger partial charge in [0.2, 0.25) is 0 Å². The van der Waals surface area contributed by atoms with Crippen molar-refractivity contribution in [2.45, 2.75) is 30.6 Å². The minimum absolute atomic E-state index is 0.354. The molecular formula is C9H19N3O5S. The van der Waals surface area contributed by atoms with Crippen molar-refractivity contribution in [2.24, 2.45) is 0 Å². The molecule has 0 aromatic heterocycles. The molecule has 1 heterocycles. The van der Waals surface area contributed by atoms with Crippen molar-refractivity contribution in [1.82, 2.24) is 15.8 Å². The molecule has 1 aliphatic rings. The normalized spacial score (nSPS) is 36.2. The molecule has 5 unspecified atom stereocenters. The van der Waals surface area contributed by atoms with Gasteiger partial charge in [0.1, 0.15) is 24.4 Å². The summed E-state index contributed by atoms with van der Waals surface area (Å²) in [5.41, 5.74) is 2.71. The van der Waals surface area contributed by atoms with Crippen LogP contribution in [0, 0.1) is 0 Å². The highest BCUT2D eigenvalue weighted by atomic mass is 32.1. The zero-order chi connectivity index (χ0) is 13.9. The number of ether oxygens (including phenoxy) is 1. The van der Waals surface area contributed by atoms with Gasteiger partial charge in [-0.25, -0.2) is 5.43 Å². The SMILES string of the molecule is CNC(=S)N(C)NC1OC(CO)C(O)C(O)C1O. The van der Waals surface area contributed by atoms with Gasteiger partial charge in [0, 0.05) is 14.1 Å². The van der Waals surface area contributed by atoms with Crippen LogP contribution in [0.3, 0.4) is 0 Å². The lowest BCUT2D eigenvalue weighted by molar-refractivity contribution is -0.243. The molecule has 0 radical (unpaired) electrons. The molecule has 0 amide bonds. The third-order valence-electron chi connectivity index (χ3n) is 2.73. The van der Waals surface area contributed by atoms with Gasteiger partial charge >= 0.3 is 0 Å². The molecule has 18 heavy (non-hydrogen) atoms. The summed E-state index contributed by atoms with van der Waals surface area (Å²) in [6.45, 7) is -0.469. The van der Waals surface area contributed by atoms with Crippen LogP contribution in [0.5, 0.6) is 0 Å². The van der Waals surface area contributed by atoms with Crippen molar-refractivity contribution in [3.63, 3.8) is 0 Å². The highest BCUT2D eigenvalue weighted by Crippen LogP contribution is 2.19. The molecule has 1 rings (SSSR count). The lowest BCUT2D eigenvalue weighted by atomic mass is 9.99. The van der Waals surface area contributed by atoms with Gasteiger partial charge in [-0.1, -0.05) is 0 Å². The minimum atomic E-state index is -1.41. The van der Waals surface area contributed by atoms with Gasteiger partial charge in [-0.05, 0) is 12.2 Å². The van der Waals surface area contributed by atoms with Crippen LogP contribution >= 0.6 is 12.2 Å². The van der Waals surface area contributed by atoms with Crippen LogP contribution in [0.15, 0.2) is 0 Å². The zero-order valence-corrected chi connectivity index (χ0v) is 11.0. The summed E-state index contributed by atoms with van der Waals surface area (Å²) in [5, 5.41) is 42.4. The first-order valence-electron chi connectivity index (χ1n) is 5.44. The Labute approximate surface area is 110 Å². The summed E-state index contributed by atoms with van der Waals surface area (Å²) in [4.78, 5) is 0. The van der Waals surface area contributed by atoms with Crippen molar-refractivity contribution in [1.29, 1.82) is 0 Å². The van der Waals surface area contributed by atoms with E-state index in [9.17, 15) is 15.3 Å². The fourth-order valence-corrected chi connectivity index (χ4v) is 1.68. The van der Waals surface area contributed by atoms with Crippen LogP contribution in [-0.4, -0.2) is 81.9 Å². The largest absolute Gasteiger partial charge is 0.394 e. The maximum absolute atomic E-state index is 9.76. The predicted octanol–water partition coefficient (Wildman–Crippen LogP) is -3.27. The molecule has 1 saturated heterocycles. The summed E-state index contributed by atoms with van der Waals surface area (Å²) in [7, 11) is 3.23. The summed E-state index contributed by atoms with van der Waals surface area (Å²) < 4.78 is 5.25. The molecule has 0 aromatic rings. The minimum Gasteiger partial charge on any atom is -0.394 e. The summed E-state index contributed by atoms with van der Waals surface area (Å²) in [5.74, 6) is 0. The first-order valence-corrected chi connectivity index (χ1v) is 5.85. The number of hydrogen-bond donors (Lipinski definition) is 6. The van der Waals surface area contributed by atoms with E-state index in [0.717, 1.165) is 0 Å². The number of nitrogens with one attached hydrogen (secondary N) is 2. The van der Waals surface area contributed by atoms with Crippen molar-refractivity contribution >= 4 is 17.3 Å². The lowest BCUT2D eigenvalue weighted by Gasteiger charge is -2.41.